The first-order valence-electron chi connectivity index (χ1n) is 5.93. The average Bonchev–Trinajstić information content (AvgIpc) is 2.24. The van der Waals surface area contributed by atoms with Gasteiger partial charge < -0.3 is 15.8 Å². The monoisotopic (exact) mass is 269 g/mol. The van der Waals surface area contributed by atoms with Gasteiger partial charge in [-0.1, -0.05) is 0 Å². The molecular weight excluding hydrogens is 250 g/mol. The van der Waals surface area contributed by atoms with Crippen LogP contribution in [0.2, 0.25) is 0 Å². The highest BCUT2D eigenvalue weighted by Gasteiger charge is 2.24. The van der Waals surface area contributed by atoms with Crippen LogP contribution in [-0.4, -0.2) is 33.6 Å². The molecule has 0 aliphatic carbocycles. The third-order valence-electron chi connectivity index (χ3n) is 2.47. The van der Waals surface area contributed by atoms with Gasteiger partial charge in [-0.3, -0.25) is 10.1 Å². The van der Waals surface area contributed by atoms with Gasteiger partial charge in [0.2, 0.25) is 11.8 Å². The SMILES string of the molecule is CCOC(C)(C)CNc1nc(N)nc(C)c1[N+](=O)[O-]. The zero-order valence-electron chi connectivity index (χ0n) is 11.6. The molecule has 0 radical (unpaired) electrons. The first-order valence-corrected chi connectivity index (χ1v) is 5.93. The van der Waals surface area contributed by atoms with Gasteiger partial charge in [0.1, 0.15) is 5.69 Å². The van der Waals surface area contributed by atoms with Crippen molar-refractivity contribution in [1.82, 2.24) is 9.97 Å². The molecule has 1 aromatic heterocycles. The van der Waals surface area contributed by atoms with Crippen molar-refractivity contribution in [3.63, 3.8) is 0 Å². The van der Waals surface area contributed by atoms with Gasteiger partial charge in [0.25, 0.3) is 0 Å². The standard InChI is InChI=1S/C11H19N5O3/c1-5-19-11(3,4)6-13-9-8(16(17)18)7(2)14-10(12)15-9/h5-6H2,1-4H3,(H3,12,13,14,15). The summed E-state index contributed by atoms with van der Waals surface area (Å²) in [7, 11) is 0. The molecule has 106 valence electrons. The predicted octanol–water partition coefficient (Wildman–Crippen LogP) is 1.50. The molecule has 0 amide bonds. The molecule has 0 spiro atoms. The molecule has 19 heavy (non-hydrogen) atoms. The van der Waals surface area contributed by atoms with E-state index < -0.39 is 10.5 Å². The van der Waals surface area contributed by atoms with Crippen molar-refractivity contribution < 1.29 is 9.66 Å². The molecule has 0 saturated carbocycles. The number of rotatable bonds is 6. The Morgan fingerprint density at radius 2 is 2.11 bits per heavy atom. The van der Waals surface area contributed by atoms with E-state index in [1.54, 1.807) is 0 Å². The van der Waals surface area contributed by atoms with Gasteiger partial charge in [-0.15, -0.1) is 0 Å². The summed E-state index contributed by atoms with van der Waals surface area (Å²) in [6, 6.07) is 0. The lowest BCUT2D eigenvalue weighted by Gasteiger charge is -2.25. The zero-order valence-corrected chi connectivity index (χ0v) is 11.6. The fraction of sp³-hybridized carbons (Fsp3) is 0.636. The van der Waals surface area contributed by atoms with Crippen LogP contribution in [0.25, 0.3) is 0 Å². The minimum Gasteiger partial charge on any atom is -0.374 e. The molecule has 0 bridgehead atoms. The maximum atomic E-state index is 11.0. The molecule has 3 N–H and O–H groups in total. The second kappa shape index (κ2) is 5.79. The van der Waals surface area contributed by atoms with Gasteiger partial charge >= 0.3 is 5.69 Å². The van der Waals surface area contributed by atoms with Crippen molar-refractivity contribution in [2.24, 2.45) is 0 Å². The van der Waals surface area contributed by atoms with Crippen molar-refractivity contribution in [2.75, 3.05) is 24.2 Å². The van der Waals surface area contributed by atoms with E-state index in [1.807, 2.05) is 20.8 Å². The number of aromatic nitrogens is 2. The first-order chi connectivity index (χ1) is 8.76. The number of ether oxygens (including phenoxy) is 1. The Morgan fingerprint density at radius 3 is 2.63 bits per heavy atom. The Labute approximate surface area is 111 Å². The molecular formula is C11H19N5O3. The molecule has 8 heteroatoms. The summed E-state index contributed by atoms with van der Waals surface area (Å²) < 4.78 is 5.50. The van der Waals surface area contributed by atoms with Crippen LogP contribution in [0.1, 0.15) is 26.5 Å². The number of nitrogen functional groups attached to an aromatic ring is 1. The molecule has 0 atom stereocenters. The van der Waals surface area contributed by atoms with Gasteiger partial charge in [0.05, 0.1) is 10.5 Å². The number of hydrogen-bond donors (Lipinski definition) is 2. The zero-order chi connectivity index (χ0) is 14.6. The number of nitro groups is 1. The molecule has 0 aromatic carbocycles. The maximum absolute atomic E-state index is 11.0. The minimum atomic E-state index is -0.523. The molecule has 0 aliphatic heterocycles. The summed E-state index contributed by atoms with van der Waals surface area (Å²) in [4.78, 5) is 18.2. The van der Waals surface area contributed by atoms with Crippen LogP contribution in [0.15, 0.2) is 0 Å². The highest BCUT2D eigenvalue weighted by Crippen LogP contribution is 2.26. The van der Waals surface area contributed by atoms with E-state index in [0.29, 0.717) is 13.2 Å². The van der Waals surface area contributed by atoms with Crippen molar-refractivity contribution in [3.05, 3.63) is 15.8 Å². The van der Waals surface area contributed by atoms with Crippen molar-refractivity contribution in [1.29, 1.82) is 0 Å². The average molecular weight is 269 g/mol. The number of nitrogens with two attached hydrogens (primary N) is 1. The Bertz CT molecular complexity index is 476. The third-order valence-corrected chi connectivity index (χ3v) is 2.47. The predicted molar refractivity (Wildman–Crippen MR) is 72.0 cm³/mol. The van der Waals surface area contributed by atoms with E-state index >= 15 is 0 Å². The number of aryl methyl sites for hydroxylation is 1. The van der Waals surface area contributed by atoms with Crippen molar-refractivity contribution in [2.45, 2.75) is 33.3 Å². The first kappa shape index (κ1) is 15.1. The Balaban J connectivity index is 2.97. The molecule has 0 aliphatic rings. The van der Waals surface area contributed by atoms with Gasteiger partial charge in [0.15, 0.2) is 0 Å². The largest absolute Gasteiger partial charge is 0.374 e. The summed E-state index contributed by atoms with van der Waals surface area (Å²) in [5.41, 5.74) is 5.11. The van der Waals surface area contributed by atoms with Gasteiger partial charge in [-0.25, -0.2) is 4.98 Å². The lowest BCUT2D eigenvalue weighted by Crippen LogP contribution is -2.33. The minimum absolute atomic E-state index is 0.000170. The maximum Gasteiger partial charge on any atom is 0.332 e. The highest BCUT2D eigenvalue weighted by molar-refractivity contribution is 5.60. The van der Waals surface area contributed by atoms with Crippen LogP contribution in [0.4, 0.5) is 17.5 Å². The highest BCUT2D eigenvalue weighted by atomic mass is 16.6. The van der Waals surface area contributed by atoms with E-state index in [0.717, 1.165) is 0 Å². The van der Waals surface area contributed by atoms with Gasteiger partial charge in [-0.05, 0) is 27.7 Å². The van der Waals surface area contributed by atoms with Crippen molar-refractivity contribution >= 4 is 17.5 Å². The lowest BCUT2D eigenvalue weighted by molar-refractivity contribution is -0.385. The van der Waals surface area contributed by atoms with Crippen LogP contribution in [0, 0.1) is 17.0 Å². The molecule has 1 rings (SSSR count). The molecule has 0 fully saturated rings. The van der Waals surface area contributed by atoms with Gasteiger partial charge in [0, 0.05) is 13.2 Å². The lowest BCUT2D eigenvalue weighted by atomic mass is 10.1. The summed E-state index contributed by atoms with van der Waals surface area (Å²) in [5, 5.41) is 13.9. The normalized spacial score (nSPS) is 11.4. The van der Waals surface area contributed by atoms with E-state index in [4.69, 9.17) is 10.5 Å². The van der Waals surface area contributed by atoms with Crippen LogP contribution in [0.3, 0.4) is 0 Å². The van der Waals surface area contributed by atoms with Gasteiger partial charge in [-0.2, -0.15) is 4.98 Å². The molecule has 8 nitrogen and oxygen atoms in total. The second-order valence-electron chi connectivity index (χ2n) is 4.67. The van der Waals surface area contributed by atoms with Crippen LogP contribution in [0.5, 0.6) is 0 Å². The topological polar surface area (TPSA) is 116 Å². The Morgan fingerprint density at radius 1 is 1.47 bits per heavy atom. The number of anilines is 2. The van der Waals surface area contributed by atoms with E-state index in [9.17, 15) is 10.1 Å². The van der Waals surface area contributed by atoms with E-state index in [1.165, 1.54) is 6.92 Å². The molecule has 0 unspecified atom stereocenters. The summed E-state index contributed by atoms with van der Waals surface area (Å²) in [5.74, 6) is 0.114. The molecule has 0 saturated heterocycles. The Kier molecular flexibility index (Phi) is 4.60. The number of hydrogen-bond acceptors (Lipinski definition) is 7. The molecule has 1 heterocycles. The third kappa shape index (κ3) is 4.02. The fourth-order valence-corrected chi connectivity index (χ4v) is 1.67. The molecule has 1 aromatic rings. The van der Waals surface area contributed by atoms with Crippen LogP contribution < -0.4 is 11.1 Å². The number of nitrogens with one attached hydrogen (secondary N) is 1. The van der Waals surface area contributed by atoms with E-state index in [-0.39, 0.29) is 23.1 Å². The smallest absolute Gasteiger partial charge is 0.332 e. The van der Waals surface area contributed by atoms with Crippen LogP contribution in [-0.2, 0) is 4.74 Å². The summed E-state index contributed by atoms with van der Waals surface area (Å²) >= 11 is 0. The quantitative estimate of drug-likeness (QED) is 0.593. The van der Waals surface area contributed by atoms with E-state index in [2.05, 4.69) is 15.3 Å². The summed E-state index contributed by atoms with van der Waals surface area (Å²) in [6.07, 6.45) is 0. The second-order valence-corrected chi connectivity index (χ2v) is 4.67. The summed E-state index contributed by atoms with van der Waals surface area (Å²) in [6.45, 7) is 8.10. The fourth-order valence-electron chi connectivity index (χ4n) is 1.67. The van der Waals surface area contributed by atoms with Crippen molar-refractivity contribution in [3.8, 4) is 0 Å². The van der Waals surface area contributed by atoms with Crippen LogP contribution >= 0.6 is 0 Å². The Hall–Kier alpha value is -1.96. The number of nitrogens with zero attached hydrogens (tertiary/aromatic N) is 3.